The largest absolute Gasteiger partial charge is 0.300 e. The van der Waals surface area contributed by atoms with Gasteiger partial charge in [0, 0.05) is 11.3 Å². The molecule has 1 atom stereocenters. The Balaban J connectivity index is 2.08. The molecular weight excluding hydrogens is 298 g/mol. The van der Waals surface area contributed by atoms with Gasteiger partial charge in [0.1, 0.15) is 6.04 Å². The molecule has 0 aliphatic rings. The lowest BCUT2D eigenvalue weighted by Gasteiger charge is -2.28. The van der Waals surface area contributed by atoms with Gasteiger partial charge in [-0.25, -0.2) is 0 Å². The lowest BCUT2D eigenvalue weighted by atomic mass is 9.95. The molecule has 118 valence electrons. The number of rotatable bonds is 6. The minimum Gasteiger partial charge on any atom is -0.300 e. The van der Waals surface area contributed by atoms with Gasteiger partial charge in [0.2, 0.25) is 6.41 Å². The van der Waals surface area contributed by atoms with E-state index in [0.717, 1.165) is 5.56 Å². The maximum atomic E-state index is 13.1. The first kappa shape index (κ1) is 15.7. The molecule has 0 saturated carbocycles. The number of hydrogen-bond acceptors (Lipinski definition) is 2. The molecule has 1 amide bonds. The quantitative estimate of drug-likeness (QED) is 0.503. The number of carbonyl (C=O) groups excluding carboxylic acids is 2. The summed E-state index contributed by atoms with van der Waals surface area (Å²) >= 11 is 0. The van der Waals surface area contributed by atoms with Crippen molar-refractivity contribution in [3.05, 3.63) is 102 Å². The van der Waals surface area contributed by atoms with E-state index in [1.807, 2.05) is 78.9 Å². The van der Waals surface area contributed by atoms with Crippen molar-refractivity contribution in [2.24, 2.45) is 0 Å². The van der Waals surface area contributed by atoms with E-state index >= 15 is 0 Å². The first-order valence-electron chi connectivity index (χ1n) is 7.74. The van der Waals surface area contributed by atoms with E-state index < -0.39 is 6.04 Å². The van der Waals surface area contributed by atoms with E-state index in [9.17, 15) is 9.59 Å². The molecule has 3 heteroatoms. The van der Waals surface area contributed by atoms with Crippen LogP contribution in [-0.4, -0.2) is 12.2 Å². The van der Waals surface area contributed by atoms with Crippen LogP contribution >= 0.6 is 0 Å². The summed E-state index contributed by atoms with van der Waals surface area (Å²) in [5.41, 5.74) is 2.04. The molecular formula is C21H17NO2. The van der Waals surface area contributed by atoms with Crippen LogP contribution in [-0.2, 0) is 4.79 Å². The third-order valence-electron chi connectivity index (χ3n) is 3.87. The van der Waals surface area contributed by atoms with Crippen molar-refractivity contribution in [1.82, 2.24) is 0 Å². The van der Waals surface area contributed by atoms with Gasteiger partial charge in [0.15, 0.2) is 5.78 Å². The number of para-hydroxylation sites is 1. The summed E-state index contributed by atoms with van der Waals surface area (Å²) in [5, 5.41) is 0. The number of anilines is 1. The predicted molar refractivity (Wildman–Crippen MR) is 94.9 cm³/mol. The third kappa shape index (κ3) is 3.25. The Kier molecular flexibility index (Phi) is 4.82. The highest BCUT2D eigenvalue weighted by Gasteiger charge is 2.28. The molecule has 0 saturated heterocycles. The lowest BCUT2D eigenvalue weighted by Crippen LogP contribution is -2.33. The average Bonchev–Trinajstić information content (AvgIpc) is 2.67. The van der Waals surface area contributed by atoms with Crippen molar-refractivity contribution < 1.29 is 9.59 Å². The van der Waals surface area contributed by atoms with Crippen LogP contribution in [0, 0.1) is 0 Å². The minimum atomic E-state index is -0.700. The van der Waals surface area contributed by atoms with E-state index in [1.54, 1.807) is 12.1 Å². The smallest absolute Gasteiger partial charge is 0.215 e. The Morgan fingerprint density at radius 1 is 0.750 bits per heavy atom. The number of ketones is 1. The van der Waals surface area contributed by atoms with Gasteiger partial charge in [0.05, 0.1) is 0 Å². The van der Waals surface area contributed by atoms with Gasteiger partial charge in [-0.2, -0.15) is 0 Å². The molecule has 0 N–H and O–H groups in total. The standard InChI is InChI=1S/C21H17NO2/c23-16-22(19-14-8-3-9-15-19)20(17-10-4-1-5-11-17)21(24)18-12-6-2-7-13-18/h1-16,20H/t20-/m0/s1. The van der Waals surface area contributed by atoms with Crippen molar-refractivity contribution >= 4 is 17.9 Å². The number of benzene rings is 3. The van der Waals surface area contributed by atoms with Crippen molar-refractivity contribution in [1.29, 1.82) is 0 Å². The molecule has 0 unspecified atom stereocenters. The molecule has 0 radical (unpaired) electrons. The monoisotopic (exact) mass is 315 g/mol. The van der Waals surface area contributed by atoms with Crippen molar-refractivity contribution in [3.63, 3.8) is 0 Å². The van der Waals surface area contributed by atoms with Crippen LogP contribution in [0.3, 0.4) is 0 Å². The molecule has 0 aromatic heterocycles. The van der Waals surface area contributed by atoms with Crippen molar-refractivity contribution in [2.75, 3.05) is 4.90 Å². The highest BCUT2D eigenvalue weighted by molar-refractivity contribution is 6.05. The van der Waals surface area contributed by atoms with Crippen LogP contribution in [0.5, 0.6) is 0 Å². The Hall–Kier alpha value is -3.20. The Morgan fingerprint density at radius 3 is 1.79 bits per heavy atom. The second-order valence-electron chi connectivity index (χ2n) is 5.39. The highest BCUT2D eigenvalue weighted by atomic mass is 16.1. The van der Waals surface area contributed by atoms with Gasteiger partial charge in [0.25, 0.3) is 0 Å². The zero-order valence-electron chi connectivity index (χ0n) is 13.1. The average molecular weight is 315 g/mol. The van der Waals surface area contributed by atoms with Gasteiger partial charge >= 0.3 is 0 Å². The van der Waals surface area contributed by atoms with Gasteiger partial charge in [-0.3, -0.25) is 14.5 Å². The van der Waals surface area contributed by atoms with Crippen molar-refractivity contribution in [3.8, 4) is 0 Å². The summed E-state index contributed by atoms with van der Waals surface area (Å²) in [6.07, 6.45) is 0.716. The fraction of sp³-hybridized carbons (Fsp3) is 0.0476. The SMILES string of the molecule is O=CN(c1ccccc1)[C@H](C(=O)c1ccccc1)c1ccccc1. The van der Waals surface area contributed by atoms with Crippen LogP contribution in [0.4, 0.5) is 5.69 Å². The number of Topliss-reactive ketones (excluding diaryl/α,β-unsaturated/α-hetero) is 1. The maximum absolute atomic E-state index is 13.1. The van der Waals surface area contributed by atoms with E-state index in [0.29, 0.717) is 17.7 Å². The number of amides is 1. The fourth-order valence-electron chi connectivity index (χ4n) is 2.70. The maximum Gasteiger partial charge on any atom is 0.215 e. The number of carbonyl (C=O) groups is 2. The normalized spacial score (nSPS) is 11.5. The zero-order chi connectivity index (χ0) is 16.8. The summed E-state index contributed by atoms with van der Waals surface area (Å²) in [7, 11) is 0. The molecule has 0 bridgehead atoms. The van der Waals surface area contributed by atoms with E-state index in [-0.39, 0.29) is 5.78 Å². The second kappa shape index (κ2) is 7.38. The first-order valence-corrected chi connectivity index (χ1v) is 7.74. The third-order valence-corrected chi connectivity index (χ3v) is 3.87. The number of hydrogen-bond donors (Lipinski definition) is 0. The summed E-state index contributed by atoms with van der Waals surface area (Å²) in [6, 6.07) is 26.9. The van der Waals surface area contributed by atoms with E-state index in [2.05, 4.69) is 0 Å². The molecule has 0 aliphatic carbocycles. The molecule has 3 aromatic carbocycles. The highest BCUT2D eigenvalue weighted by Crippen LogP contribution is 2.29. The van der Waals surface area contributed by atoms with Crippen LogP contribution in [0.25, 0.3) is 0 Å². The summed E-state index contributed by atoms with van der Waals surface area (Å²) in [5.74, 6) is -0.113. The molecule has 0 fully saturated rings. The second-order valence-corrected chi connectivity index (χ2v) is 5.39. The van der Waals surface area contributed by atoms with Crippen LogP contribution in [0.1, 0.15) is 22.0 Å². The van der Waals surface area contributed by atoms with Crippen molar-refractivity contribution in [2.45, 2.75) is 6.04 Å². The molecule has 3 nitrogen and oxygen atoms in total. The molecule has 3 aromatic rings. The molecule has 0 heterocycles. The van der Waals surface area contributed by atoms with E-state index in [1.165, 1.54) is 4.90 Å². The van der Waals surface area contributed by atoms with Crippen LogP contribution in [0.15, 0.2) is 91.0 Å². The van der Waals surface area contributed by atoms with Gasteiger partial charge in [-0.05, 0) is 17.7 Å². The van der Waals surface area contributed by atoms with Crippen LogP contribution in [0.2, 0.25) is 0 Å². The van der Waals surface area contributed by atoms with Crippen LogP contribution < -0.4 is 4.90 Å². The molecule has 0 spiro atoms. The Labute approximate surface area is 141 Å². The van der Waals surface area contributed by atoms with Gasteiger partial charge in [-0.15, -0.1) is 0 Å². The summed E-state index contributed by atoms with van der Waals surface area (Å²) in [6.45, 7) is 0. The molecule has 0 aliphatic heterocycles. The Bertz CT molecular complexity index is 801. The predicted octanol–water partition coefficient (Wildman–Crippen LogP) is 4.27. The molecule has 3 rings (SSSR count). The zero-order valence-corrected chi connectivity index (χ0v) is 13.1. The fourth-order valence-corrected chi connectivity index (χ4v) is 2.70. The first-order chi connectivity index (χ1) is 11.8. The molecule has 24 heavy (non-hydrogen) atoms. The summed E-state index contributed by atoms with van der Waals surface area (Å²) in [4.78, 5) is 26.4. The van der Waals surface area contributed by atoms with Gasteiger partial charge in [-0.1, -0.05) is 78.9 Å². The Morgan fingerprint density at radius 2 is 1.25 bits per heavy atom. The number of nitrogens with zero attached hydrogens (tertiary/aromatic N) is 1. The minimum absolute atomic E-state index is 0.113. The van der Waals surface area contributed by atoms with E-state index in [4.69, 9.17) is 0 Å². The topological polar surface area (TPSA) is 37.4 Å². The lowest BCUT2D eigenvalue weighted by molar-refractivity contribution is -0.107. The summed E-state index contributed by atoms with van der Waals surface area (Å²) < 4.78 is 0. The van der Waals surface area contributed by atoms with Gasteiger partial charge < -0.3 is 0 Å².